The minimum atomic E-state index is -5.72. The Kier molecular flexibility index (Phi) is 3.44. The minimum absolute atomic E-state index is 0.143. The molecule has 0 saturated carbocycles. The Bertz CT molecular complexity index is 383. The third kappa shape index (κ3) is 3.43. The Morgan fingerprint density at radius 2 is 1.65 bits per heavy atom. The molecule has 8 heteroatoms. The summed E-state index contributed by atoms with van der Waals surface area (Å²) in [7, 11) is 0. The topological polar surface area (TPSA) is 35.2 Å². The lowest BCUT2D eigenvalue weighted by atomic mass is 10.3. The van der Waals surface area contributed by atoms with Gasteiger partial charge in [-0.15, -0.1) is 0 Å². The van der Waals surface area contributed by atoms with E-state index in [4.69, 9.17) is 5.73 Å². The molecule has 0 bridgehead atoms. The average Bonchev–Trinajstić information content (AvgIpc) is 2.11. The predicted octanol–water partition coefficient (Wildman–Crippen LogP) is 2.98. The van der Waals surface area contributed by atoms with E-state index in [-0.39, 0.29) is 5.69 Å². The summed E-state index contributed by atoms with van der Waals surface area (Å²) in [6.07, 6.45) is -5.72. The molecular formula is C9H7F6NO. The standard InChI is InChI=1S/C9H7F6NO/c10-5-1-6(16)3-7(2-5)17-4-8(11,12)9(13,14)15/h1-3H,4,16H2. The highest BCUT2D eigenvalue weighted by molar-refractivity contribution is 5.44. The summed E-state index contributed by atoms with van der Waals surface area (Å²) in [5.41, 5.74) is 5.01. The zero-order valence-corrected chi connectivity index (χ0v) is 8.19. The fourth-order valence-electron chi connectivity index (χ4n) is 0.924. The van der Waals surface area contributed by atoms with Crippen LogP contribution in [0.4, 0.5) is 32.0 Å². The normalized spacial score (nSPS) is 12.6. The van der Waals surface area contributed by atoms with Gasteiger partial charge in [0, 0.05) is 17.8 Å². The third-order valence-electron chi connectivity index (χ3n) is 1.73. The number of anilines is 1. The van der Waals surface area contributed by atoms with Gasteiger partial charge in [-0.05, 0) is 6.07 Å². The Balaban J connectivity index is 2.74. The van der Waals surface area contributed by atoms with Crippen LogP contribution in [-0.4, -0.2) is 18.7 Å². The number of halogens is 6. The number of nitrogens with two attached hydrogens (primary N) is 1. The molecular weight excluding hydrogens is 252 g/mol. The van der Waals surface area contributed by atoms with Crippen LogP contribution in [0.15, 0.2) is 18.2 Å². The molecule has 0 heterocycles. The van der Waals surface area contributed by atoms with Gasteiger partial charge >= 0.3 is 12.1 Å². The quantitative estimate of drug-likeness (QED) is 0.669. The molecule has 0 saturated heterocycles. The number of rotatable bonds is 3. The fourth-order valence-corrected chi connectivity index (χ4v) is 0.924. The summed E-state index contributed by atoms with van der Waals surface area (Å²) in [5.74, 6) is -6.39. The van der Waals surface area contributed by atoms with Crippen molar-refractivity contribution in [3.63, 3.8) is 0 Å². The molecule has 0 aliphatic rings. The second-order valence-electron chi connectivity index (χ2n) is 3.21. The maximum absolute atomic E-state index is 12.7. The average molecular weight is 259 g/mol. The molecule has 0 aliphatic carbocycles. The monoisotopic (exact) mass is 259 g/mol. The Morgan fingerprint density at radius 1 is 1.06 bits per heavy atom. The van der Waals surface area contributed by atoms with E-state index in [0.29, 0.717) is 6.07 Å². The summed E-state index contributed by atoms with van der Waals surface area (Å²) in [6.45, 7) is -1.93. The predicted molar refractivity (Wildman–Crippen MR) is 47.3 cm³/mol. The van der Waals surface area contributed by atoms with Crippen LogP contribution in [0, 0.1) is 5.82 Å². The molecule has 0 aliphatic heterocycles. The largest absolute Gasteiger partial charge is 0.487 e. The molecule has 2 nitrogen and oxygen atoms in total. The number of hydrogen-bond donors (Lipinski definition) is 1. The van der Waals surface area contributed by atoms with E-state index in [9.17, 15) is 26.3 Å². The van der Waals surface area contributed by atoms with E-state index in [0.717, 1.165) is 12.1 Å². The molecule has 0 spiro atoms. The Morgan fingerprint density at radius 3 is 2.12 bits per heavy atom. The van der Waals surface area contributed by atoms with Crippen molar-refractivity contribution < 1.29 is 31.1 Å². The molecule has 0 radical (unpaired) electrons. The summed E-state index contributed by atoms with van der Waals surface area (Å²) in [5, 5.41) is 0. The zero-order valence-electron chi connectivity index (χ0n) is 8.19. The summed E-state index contributed by atoms with van der Waals surface area (Å²) in [6, 6.07) is 2.47. The van der Waals surface area contributed by atoms with Crippen LogP contribution >= 0.6 is 0 Å². The van der Waals surface area contributed by atoms with E-state index in [1.165, 1.54) is 0 Å². The van der Waals surface area contributed by atoms with E-state index in [1.54, 1.807) is 0 Å². The number of hydrogen-bond acceptors (Lipinski definition) is 2. The molecule has 0 atom stereocenters. The fraction of sp³-hybridized carbons (Fsp3) is 0.333. The van der Waals surface area contributed by atoms with Crippen molar-refractivity contribution in [3.05, 3.63) is 24.0 Å². The van der Waals surface area contributed by atoms with Crippen molar-refractivity contribution in [1.29, 1.82) is 0 Å². The van der Waals surface area contributed by atoms with E-state index in [2.05, 4.69) is 4.74 Å². The molecule has 1 aromatic carbocycles. The number of nitrogen functional groups attached to an aromatic ring is 1. The van der Waals surface area contributed by atoms with Gasteiger partial charge in [0.05, 0.1) is 0 Å². The van der Waals surface area contributed by atoms with E-state index in [1.807, 2.05) is 0 Å². The third-order valence-corrected chi connectivity index (χ3v) is 1.73. The summed E-state index contributed by atoms with van der Waals surface area (Å²) >= 11 is 0. The molecule has 0 unspecified atom stereocenters. The van der Waals surface area contributed by atoms with Crippen LogP contribution in [0.25, 0.3) is 0 Å². The van der Waals surface area contributed by atoms with Crippen LogP contribution < -0.4 is 10.5 Å². The van der Waals surface area contributed by atoms with E-state index >= 15 is 0 Å². The minimum Gasteiger partial charge on any atom is -0.487 e. The van der Waals surface area contributed by atoms with Gasteiger partial charge in [-0.3, -0.25) is 0 Å². The smallest absolute Gasteiger partial charge is 0.456 e. The lowest BCUT2D eigenvalue weighted by Crippen LogP contribution is -2.41. The Hall–Kier alpha value is -1.60. The number of ether oxygens (including phenoxy) is 1. The summed E-state index contributed by atoms with van der Waals surface area (Å²) in [4.78, 5) is 0. The van der Waals surface area contributed by atoms with Crippen LogP contribution in [0.3, 0.4) is 0 Å². The van der Waals surface area contributed by atoms with Gasteiger partial charge in [-0.1, -0.05) is 0 Å². The molecule has 1 rings (SSSR count). The van der Waals surface area contributed by atoms with Crippen molar-refractivity contribution in [2.45, 2.75) is 12.1 Å². The van der Waals surface area contributed by atoms with Gasteiger partial charge < -0.3 is 10.5 Å². The second-order valence-corrected chi connectivity index (χ2v) is 3.21. The Labute approximate surface area is 92.0 Å². The molecule has 96 valence electrons. The van der Waals surface area contributed by atoms with Gasteiger partial charge in [-0.25, -0.2) is 4.39 Å². The number of alkyl halides is 5. The molecule has 0 aromatic heterocycles. The van der Waals surface area contributed by atoms with Gasteiger partial charge in [0.15, 0.2) is 6.61 Å². The van der Waals surface area contributed by atoms with Crippen LogP contribution in [0.5, 0.6) is 5.75 Å². The highest BCUT2D eigenvalue weighted by Crippen LogP contribution is 2.35. The van der Waals surface area contributed by atoms with Gasteiger partial charge in [0.25, 0.3) is 0 Å². The SMILES string of the molecule is Nc1cc(F)cc(OCC(F)(F)C(F)(F)F)c1. The van der Waals surface area contributed by atoms with Crippen molar-refractivity contribution >= 4 is 5.69 Å². The van der Waals surface area contributed by atoms with Gasteiger partial charge in [0.1, 0.15) is 11.6 Å². The van der Waals surface area contributed by atoms with Crippen LogP contribution in [-0.2, 0) is 0 Å². The van der Waals surface area contributed by atoms with E-state index < -0.39 is 30.3 Å². The molecule has 0 amide bonds. The lowest BCUT2D eigenvalue weighted by Gasteiger charge is -2.19. The molecule has 2 N–H and O–H groups in total. The molecule has 17 heavy (non-hydrogen) atoms. The van der Waals surface area contributed by atoms with Crippen molar-refractivity contribution in [3.8, 4) is 5.75 Å². The first kappa shape index (κ1) is 13.5. The van der Waals surface area contributed by atoms with Crippen molar-refractivity contribution in [1.82, 2.24) is 0 Å². The van der Waals surface area contributed by atoms with Crippen LogP contribution in [0.2, 0.25) is 0 Å². The highest BCUT2D eigenvalue weighted by atomic mass is 19.4. The second kappa shape index (κ2) is 4.34. The van der Waals surface area contributed by atoms with Crippen molar-refractivity contribution in [2.75, 3.05) is 12.3 Å². The van der Waals surface area contributed by atoms with Gasteiger partial charge in [-0.2, -0.15) is 22.0 Å². The summed E-state index contributed by atoms with van der Waals surface area (Å²) < 4.78 is 77.1. The van der Waals surface area contributed by atoms with Crippen LogP contribution in [0.1, 0.15) is 0 Å². The first-order valence-corrected chi connectivity index (χ1v) is 4.25. The molecule has 0 fully saturated rings. The first-order chi connectivity index (χ1) is 7.62. The van der Waals surface area contributed by atoms with Crippen molar-refractivity contribution in [2.24, 2.45) is 0 Å². The maximum Gasteiger partial charge on any atom is 0.456 e. The first-order valence-electron chi connectivity index (χ1n) is 4.25. The zero-order chi connectivity index (χ0) is 13.3. The highest BCUT2D eigenvalue weighted by Gasteiger charge is 2.58. The van der Waals surface area contributed by atoms with Gasteiger partial charge in [0.2, 0.25) is 0 Å². The molecule has 1 aromatic rings. The number of benzene rings is 1. The lowest BCUT2D eigenvalue weighted by molar-refractivity contribution is -0.290. The maximum atomic E-state index is 12.7.